The van der Waals surface area contributed by atoms with Crippen molar-refractivity contribution in [2.75, 3.05) is 13.1 Å². The second-order valence-electron chi connectivity index (χ2n) is 5.54. The van der Waals surface area contributed by atoms with Gasteiger partial charge in [-0.1, -0.05) is 0 Å². The van der Waals surface area contributed by atoms with Crippen molar-refractivity contribution in [2.24, 2.45) is 5.11 Å². The molecule has 8 nitrogen and oxygen atoms in total. The molecule has 0 aromatic heterocycles. The Morgan fingerprint density at radius 1 is 1.43 bits per heavy atom. The third kappa shape index (κ3) is 6.97. The van der Waals surface area contributed by atoms with Gasteiger partial charge in [0.1, 0.15) is 11.6 Å². The minimum absolute atomic E-state index is 0.0573. The fourth-order valence-electron chi connectivity index (χ4n) is 1.62. The van der Waals surface area contributed by atoms with E-state index >= 15 is 0 Å². The molecule has 0 aromatic carbocycles. The number of hydrogen-bond acceptors (Lipinski definition) is 4. The Balaban J connectivity index is 2.39. The number of halogens is 3. The normalized spacial score (nSPS) is 20.6. The number of nitrogens with zero attached hydrogens (tertiary/aromatic N) is 3. The second-order valence-corrected chi connectivity index (χ2v) is 5.54. The molecule has 0 bridgehead atoms. The molecule has 0 aliphatic carbocycles. The van der Waals surface area contributed by atoms with E-state index in [0.29, 0.717) is 6.42 Å². The van der Waals surface area contributed by atoms with Gasteiger partial charge in [0, 0.05) is 11.7 Å². The third-order valence-corrected chi connectivity index (χ3v) is 2.37. The summed E-state index contributed by atoms with van der Waals surface area (Å²) < 4.78 is 36.0. The number of nitrogens with one attached hydrogen (secondary N) is 2. The summed E-state index contributed by atoms with van der Waals surface area (Å²) in [5.41, 5.74) is 1.41. The highest BCUT2D eigenvalue weighted by Gasteiger charge is 2.35. The summed E-state index contributed by atoms with van der Waals surface area (Å²) in [5.74, 6) is 0. The molecule has 11 heteroatoms. The first kappa shape index (κ1) is 17.3. The summed E-state index contributed by atoms with van der Waals surface area (Å²) in [6.45, 7) is 5.16. The van der Waals surface area contributed by atoms with E-state index in [0.717, 1.165) is 10.2 Å². The highest BCUT2D eigenvalue weighted by Crippen LogP contribution is 2.15. The first-order valence-electron chi connectivity index (χ1n) is 6.21. The standard InChI is InChI=1S/C10H18F3N5O3/c1-9(2,3)15-18(20)16-21-7-4-5-17(6-7)8(19)14-10(11,12)13/h7H,4-6H2,1-3H3,(H,14,19)(H,15,16)/t7-/m1/s1. The number of hydrazine groups is 1. The number of carbonyl (C=O) groups is 1. The van der Waals surface area contributed by atoms with Gasteiger partial charge in [-0.3, -0.25) is 0 Å². The Hall–Kier alpha value is -1.78. The van der Waals surface area contributed by atoms with Gasteiger partial charge in [0.25, 0.3) is 0 Å². The summed E-state index contributed by atoms with van der Waals surface area (Å²) in [5, 5.41) is 15.9. The van der Waals surface area contributed by atoms with Gasteiger partial charge in [0.05, 0.1) is 11.5 Å². The van der Waals surface area contributed by atoms with Crippen molar-refractivity contribution in [3.05, 3.63) is 5.21 Å². The Bertz CT molecular complexity index is 408. The monoisotopic (exact) mass is 313 g/mol. The number of alkyl halides is 3. The quantitative estimate of drug-likeness (QED) is 0.357. The van der Waals surface area contributed by atoms with E-state index in [1.54, 1.807) is 20.8 Å². The zero-order valence-electron chi connectivity index (χ0n) is 11.9. The molecular weight excluding hydrogens is 295 g/mol. The number of amides is 2. The number of rotatable bonds is 3. The van der Waals surface area contributed by atoms with Crippen molar-refractivity contribution < 1.29 is 27.8 Å². The Labute approximate surface area is 119 Å². The van der Waals surface area contributed by atoms with Gasteiger partial charge in [-0.25, -0.2) is 14.9 Å². The maximum atomic E-state index is 12.0. The molecule has 0 aromatic rings. The lowest BCUT2D eigenvalue weighted by molar-refractivity contribution is -0.652. The lowest BCUT2D eigenvalue weighted by Gasteiger charge is -2.18. The lowest BCUT2D eigenvalue weighted by Crippen LogP contribution is -2.46. The highest BCUT2D eigenvalue weighted by molar-refractivity contribution is 5.74. The number of urea groups is 1. The maximum Gasteiger partial charge on any atom is 0.485 e. The molecule has 1 heterocycles. The summed E-state index contributed by atoms with van der Waals surface area (Å²) >= 11 is 0. The van der Waals surface area contributed by atoms with Crippen LogP contribution in [0.5, 0.6) is 0 Å². The first-order valence-corrected chi connectivity index (χ1v) is 6.21. The summed E-state index contributed by atoms with van der Waals surface area (Å²) in [7, 11) is 0. The van der Waals surface area contributed by atoms with Crippen LogP contribution < -0.4 is 10.9 Å². The summed E-state index contributed by atoms with van der Waals surface area (Å²) in [6.07, 6.45) is -5.05. The highest BCUT2D eigenvalue weighted by atomic mass is 19.4. The van der Waals surface area contributed by atoms with E-state index in [2.05, 4.69) is 5.11 Å². The smallest absolute Gasteiger partial charge is 0.485 e. The van der Waals surface area contributed by atoms with Crippen LogP contribution in [0.1, 0.15) is 27.2 Å². The predicted octanol–water partition coefficient (Wildman–Crippen LogP) is 1.49. The largest absolute Gasteiger partial charge is 0.570 e. The third-order valence-electron chi connectivity index (χ3n) is 2.37. The molecule has 1 rings (SSSR count). The van der Waals surface area contributed by atoms with Gasteiger partial charge in [-0.2, -0.15) is 13.2 Å². The fourth-order valence-corrected chi connectivity index (χ4v) is 1.62. The Morgan fingerprint density at radius 3 is 2.57 bits per heavy atom. The van der Waals surface area contributed by atoms with Gasteiger partial charge in [0.15, 0.2) is 0 Å². The summed E-state index contributed by atoms with van der Waals surface area (Å²) in [6, 6.07) is -1.24. The van der Waals surface area contributed by atoms with E-state index in [1.165, 1.54) is 0 Å². The van der Waals surface area contributed by atoms with E-state index in [9.17, 15) is 23.2 Å². The SMILES string of the molecule is CC(C)(C)N=[N+]([O-])NO[C@@H]1CCN(C(=O)NC(F)(F)F)C1. The molecule has 1 atom stereocenters. The fraction of sp³-hybridized carbons (Fsp3) is 0.900. The molecule has 1 aliphatic heterocycles. The second kappa shape index (κ2) is 6.33. The topological polar surface area (TPSA) is 92.0 Å². The van der Waals surface area contributed by atoms with E-state index in [4.69, 9.17) is 4.84 Å². The van der Waals surface area contributed by atoms with Crippen molar-refractivity contribution in [1.82, 2.24) is 15.8 Å². The molecule has 0 radical (unpaired) electrons. The predicted molar refractivity (Wildman–Crippen MR) is 64.6 cm³/mol. The molecule has 0 spiro atoms. The van der Waals surface area contributed by atoms with Gasteiger partial charge < -0.3 is 10.1 Å². The molecule has 1 saturated heterocycles. The lowest BCUT2D eigenvalue weighted by atomic mass is 10.1. The molecule has 122 valence electrons. The Kier molecular flexibility index (Phi) is 5.20. The van der Waals surface area contributed by atoms with E-state index in [1.807, 2.05) is 5.59 Å². The van der Waals surface area contributed by atoms with Gasteiger partial charge in [0.2, 0.25) is 0 Å². The van der Waals surface area contributed by atoms with Crippen LogP contribution in [0.2, 0.25) is 0 Å². The zero-order valence-corrected chi connectivity index (χ0v) is 11.9. The molecule has 1 fully saturated rings. The number of carbonyl (C=O) groups excluding carboxylic acids is 1. The average molecular weight is 313 g/mol. The van der Waals surface area contributed by atoms with Crippen molar-refractivity contribution in [1.29, 1.82) is 0 Å². The molecule has 0 saturated carbocycles. The minimum Gasteiger partial charge on any atom is -0.570 e. The zero-order chi connectivity index (χ0) is 16.3. The van der Waals surface area contributed by atoms with Crippen molar-refractivity contribution in [3.8, 4) is 0 Å². The van der Waals surface area contributed by atoms with Crippen LogP contribution in [0.4, 0.5) is 18.0 Å². The van der Waals surface area contributed by atoms with E-state index in [-0.39, 0.29) is 18.1 Å². The molecular formula is C10H18F3N5O3. The van der Waals surface area contributed by atoms with Crippen molar-refractivity contribution in [2.45, 2.75) is 45.1 Å². The van der Waals surface area contributed by atoms with E-state index < -0.39 is 24.0 Å². The molecule has 0 unspecified atom stereocenters. The molecule has 21 heavy (non-hydrogen) atoms. The summed E-state index contributed by atoms with van der Waals surface area (Å²) in [4.78, 5) is 17.3. The van der Waals surface area contributed by atoms with Crippen molar-refractivity contribution in [3.63, 3.8) is 0 Å². The van der Waals surface area contributed by atoms with Crippen LogP contribution in [0.15, 0.2) is 5.11 Å². The van der Waals surface area contributed by atoms with Crippen LogP contribution in [-0.4, -0.2) is 46.9 Å². The van der Waals surface area contributed by atoms with Gasteiger partial charge in [-0.05, 0) is 32.8 Å². The van der Waals surface area contributed by atoms with Crippen LogP contribution in [0, 0.1) is 5.21 Å². The maximum absolute atomic E-state index is 12.0. The molecule has 2 N–H and O–H groups in total. The number of likely N-dealkylation sites (tertiary alicyclic amines) is 1. The van der Waals surface area contributed by atoms with Gasteiger partial charge in [-0.15, -0.1) is 0 Å². The average Bonchev–Trinajstić information content (AvgIpc) is 2.70. The van der Waals surface area contributed by atoms with Crippen LogP contribution >= 0.6 is 0 Å². The van der Waals surface area contributed by atoms with Gasteiger partial charge >= 0.3 is 12.3 Å². The molecule has 2 amide bonds. The van der Waals surface area contributed by atoms with Crippen molar-refractivity contribution >= 4 is 6.03 Å². The Morgan fingerprint density at radius 2 is 2.05 bits per heavy atom. The molecule has 1 aliphatic rings. The van der Waals surface area contributed by atoms with Crippen LogP contribution in [-0.2, 0) is 4.84 Å². The van der Waals surface area contributed by atoms with Crippen LogP contribution in [0.3, 0.4) is 0 Å². The first-order chi connectivity index (χ1) is 9.46. The van der Waals surface area contributed by atoms with Crippen LogP contribution in [0.25, 0.3) is 0 Å². The minimum atomic E-state index is -4.77. The number of hydrogen-bond donors (Lipinski definition) is 2.